The van der Waals surface area contributed by atoms with E-state index in [9.17, 15) is 4.79 Å². The highest BCUT2D eigenvalue weighted by Gasteiger charge is 2.08. The van der Waals surface area contributed by atoms with Crippen molar-refractivity contribution in [1.29, 1.82) is 0 Å². The summed E-state index contributed by atoms with van der Waals surface area (Å²) >= 11 is 1.59. The lowest BCUT2D eigenvalue weighted by Gasteiger charge is -2.04. The molecule has 0 bridgehead atoms. The number of carboxylic acids is 1. The molecular formula is C11H9NO2S. The molecule has 0 aromatic carbocycles. The molecule has 0 saturated heterocycles. The summed E-state index contributed by atoms with van der Waals surface area (Å²) in [7, 11) is 0. The first kappa shape index (κ1) is 9.86. The Hall–Kier alpha value is -1.68. The van der Waals surface area contributed by atoms with E-state index in [-0.39, 0.29) is 6.42 Å². The summed E-state index contributed by atoms with van der Waals surface area (Å²) in [6.07, 6.45) is 3.30. The molecule has 0 spiro atoms. The highest BCUT2D eigenvalue weighted by Crippen LogP contribution is 2.25. The largest absolute Gasteiger partial charge is 0.481 e. The summed E-state index contributed by atoms with van der Waals surface area (Å²) < 4.78 is 0. The molecule has 2 aromatic heterocycles. The van der Waals surface area contributed by atoms with Gasteiger partial charge in [-0.3, -0.25) is 9.78 Å². The molecule has 2 rings (SSSR count). The predicted octanol–water partition coefficient (Wildman–Crippen LogP) is 2.44. The number of aromatic nitrogens is 1. The third-order valence-corrected chi connectivity index (χ3v) is 2.76. The normalized spacial score (nSPS) is 10.1. The molecule has 0 aliphatic rings. The lowest BCUT2D eigenvalue weighted by molar-refractivity contribution is -0.136. The molecule has 2 heterocycles. The molecular weight excluding hydrogens is 210 g/mol. The smallest absolute Gasteiger partial charge is 0.307 e. The molecule has 2 aromatic rings. The van der Waals surface area contributed by atoms with Crippen LogP contribution in [0.15, 0.2) is 35.3 Å². The third-order valence-electron chi connectivity index (χ3n) is 2.08. The maximum Gasteiger partial charge on any atom is 0.307 e. The standard InChI is InChI=1S/C11H9NO2S/c13-11(14)5-9-6-12-3-1-10(9)8-2-4-15-7-8/h1-4,6-7H,5H2,(H,13,14). The van der Waals surface area contributed by atoms with Crippen molar-refractivity contribution in [2.75, 3.05) is 0 Å². The second-order valence-electron chi connectivity index (χ2n) is 3.12. The van der Waals surface area contributed by atoms with E-state index in [1.54, 1.807) is 23.7 Å². The lowest BCUT2D eigenvalue weighted by atomic mass is 10.0. The van der Waals surface area contributed by atoms with Crippen LogP contribution in [0.5, 0.6) is 0 Å². The van der Waals surface area contributed by atoms with Gasteiger partial charge in [0.2, 0.25) is 0 Å². The van der Waals surface area contributed by atoms with Gasteiger partial charge < -0.3 is 5.11 Å². The van der Waals surface area contributed by atoms with Gasteiger partial charge in [-0.2, -0.15) is 11.3 Å². The minimum atomic E-state index is -0.834. The molecule has 4 heteroatoms. The van der Waals surface area contributed by atoms with Crippen molar-refractivity contribution >= 4 is 17.3 Å². The van der Waals surface area contributed by atoms with Crippen molar-refractivity contribution in [2.24, 2.45) is 0 Å². The van der Waals surface area contributed by atoms with Crippen molar-refractivity contribution in [2.45, 2.75) is 6.42 Å². The van der Waals surface area contributed by atoms with E-state index < -0.39 is 5.97 Å². The predicted molar refractivity (Wildman–Crippen MR) is 58.9 cm³/mol. The first-order valence-electron chi connectivity index (χ1n) is 4.44. The molecule has 0 atom stereocenters. The SMILES string of the molecule is O=C(O)Cc1cnccc1-c1ccsc1. The topological polar surface area (TPSA) is 50.2 Å². The van der Waals surface area contributed by atoms with Gasteiger partial charge >= 0.3 is 5.97 Å². The number of pyridine rings is 1. The van der Waals surface area contributed by atoms with Crippen LogP contribution in [-0.2, 0) is 11.2 Å². The number of nitrogens with zero attached hydrogens (tertiary/aromatic N) is 1. The molecule has 76 valence electrons. The summed E-state index contributed by atoms with van der Waals surface area (Å²) in [5.74, 6) is -0.834. The minimum Gasteiger partial charge on any atom is -0.481 e. The molecule has 1 N–H and O–H groups in total. The monoisotopic (exact) mass is 219 g/mol. The summed E-state index contributed by atoms with van der Waals surface area (Å²) in [5, 5.41) is 12.7. The fourth-order valence-corrected chi connectivity index (χ4v) is 2.09. The fourth-order valence-electron chi connectivity index (χ4n) is 1.43. The average Bonchev–Trinajstić information content (AvgIpc) is 2.70. The number of hydrogen-bond donors (Lipinski definition) is 1. The number of thiophene rings is 1. The van der Waals surface area contributed by atoms with Crippen LogP contribution in [0.3, 0.4) is 0 Å². The molecule has 0 aliphatic heterocycles. The van der Waals surface area contributed by atoms with E-state index >= 15 is 0 Å². The van der Waals surface area contributed by atoms with Crippen LogP contribution in [0.4, 0.5) is 0 Å². The van der Waals surface area contributed by atoms with Crippen LogP contribution in [0.25, 0.3) is 11.1 Å². The molecule has 0 unspecified atom stereocenters. The third kappa shape index (κ3) is 2.22. The zero-order valence-corrected chi connectivity index (χ0v) is 8.70. The fraction of sp³-hybridized carbons (Fsp3) is 0.0909. The van der Waals surface area contributed by atoms with Crippen LogP contribution in [-0.4, -0.2) is 16.1 Å². The Balaban J connectivity index is 2.42. The van der Waals surface area contributed by atoms with E-state index in [1.165, 1.54) is 0 Å². The summed E-state index contributed by atoms with van der Waals surface area (Å²) in [5.41, 5.74) is 2.76. The Labute approximate surface area is 91.0 Å². The Kier molecular flexibility index (Phi) is 2.78. The van der Waals surface area contributed by atoms with Gasteiger partial charge in [0.25, 0.3) is 0 Å². The second kappa shape index (κ2) is 4.23. The molecule has 15 heavy (non-hydrogen) atoms. The highest BCUT2D eigenvalue weighted by atomic mass is 32.1. The summed E-state index contributed by atoms with van der Waals surface area (Å²) in [6.45, 7) is 0. The minimum absolute atomic E-state index is 0.0129. The Morgan fingerprint density at radius 2 is 2.33 bits per heavy atom. The van der Waals surface area contributed by atoms with Gasteiger partial charge in [-0.05, 0) is 39.6 Å². The number of rotatable bonds is 3. The van der Waals surface area contributed by atoms with Gasteiger partial charge in [0.1, 0.15) is 0 Å². The van der Waals surface area contributed by atoms with E-state index in [2.05, 4.69) is 4.98 Å². The van der Waals surface area contributed by atoms with Crippen LogP contribution < -0.4 is 0 Å². The zero-order valence-electron chi connectivity index (χ0n) is 7.88. The maximum absolute atomic E-state index is 10.7. The van der Waals surface area contributed by atoms with E-state index in [0.29, 0.717) is 0 Å². The first-order valence-corrected chi connectivity index (χ1v) is 5.39. The highest BCUT2D eigenvalue weighted by molar-refractivity contribution is 7.08. The van der Waals surface area contributed by atoms with Crippen molar-refractivity contribution in [3.8, 4) is 11.1 Å². The van der Waals surface area contributed by atoms with E-state index in [1.807, 2.05) is 22.9 Å². The van der Waals surface area contributed by atoms with Crippen molar-refractivity contribution in [3.05, 3.63) is 40.8 Å². The number of aliphatic carboxylic acids is 1. The van der Waals surface area contributed by atoms with Gasteiger partial charge in [0, 0.05) is 12.4 Å². The van der Waals surface area contributed by atoms with Crippen LogP contribution >= 0.6 is 11.3 Å². The number of carboxylic acid groups (broad SMARTS) is 1. The van der Waals surface area contributed by atoms with Gasteiger partial charge in [0.15, 0.2) is 0 Å². The van der Waals surface area contributed by atoms with Crippen LogP contribution in [0.1, 0.15) is 5.56 Å². The van der Waals surface area contributed by atoms with E-state index in [0.717, 1.165) is 16.7 Å². The molecule has 0 saturated carbocycles. The Morgan fingerprint density at radius 1 is 1.47 bits per heavy atom. The maximum atomic E-state index is 10.7. The van der Waals surface area contributed by atoms with Gasteiger partial charge in [-0.25, -0.2) is 0 Å². The zero-order chi connectivity index (χ0) is 10.7. The van der Waals surface area contributed by atoms with Gasteiger partial charge in [-0.1, -0.05) is 0 Å². The second-order valence-corrected chi connectivity index (χ2v) is 3.90. The Morgan fingerprint density at radius 3 is 3.00 bits per heavy atom. The van der Waals surface area contributed by atoms with Crippen LogP contribution in [0.2, 0.25) is 0 Å². The molecule has 0 radical (unpaired) electrons. The molecule has 0 fully saturated rings. The Bertz CT molecular complexity index is 465. The quantitative estimate of drug-likeness (QED) is 0.862. The van der Waals surface area contributed by atoms with Crippen molar-refractivity contribution < 1.29 is 9.90 Å². The summed E-state index contributed by atoms with van der Waals surface area (Å²) in [4.78, 5) is 14.6. The van der Waals surface area contributed by atoms with Gasteiger partial charge in [-0.15, -0.1) is 0 Å². The van der Waals surface area contributed by atoms with Crippen LogP contribution in [0, 0.1) is 0 Å². The molecule has 3 nitrogen and oxygen atoms in total. The molecule has 0 amide bonds. The van der Waals surface area contributed by atoms with E-state index in [4.69, 9.17) is 5.11 Å². The van der Waals surface area contributed by atoms with Crippen molar-refractivity contribution in [3.63, 3.8) is 0 Å². The lowest BCUT2D eigenvalue weighted by Crippen LogP contribution is -2.02. The number of carbonyl (C=O) groups is 1. The first-order chi connectivity index (χ1) is 7.27. The summed E-state index contributed by atoms with van der Waals surface area (Å²) in [6, 6.07) is 3.83. The average molecular weight is 219 g/mol. The van der Waals surface area contributed by atoms with Crippen molar-refractivity contribution in [1.82, 2.24) is 4.98 Å². The molecule has 0 aliphatic carbocycles. The number of hydrogen-bond acceptors (Lipinski definition) is 3. The van der Waals surface area contributed by atoms with Gasteiger partial charge in [0.05, 0.1) is 6.42 Å².